The second kappa shape index (κ2) is 6.67. The molecule has 1 fully saturated rings. The van der Waals surface area contributed by atoms with Crippen molar-refractivity contribution in [3.63, 3.8) is 0 Å². The third-order valence-corrected chi connectivity index (χ3v) is 5.60. The lowest BCUT2D eigenvalue weighted by atomic mass is 10.1. The fourth-order valence-electron chi connectivity index (χ4n) is 2.54. The van der Waals surface area contributed by atoms with Crippen LogP contribution in [0.2, 0.25) is 0 Å². The fourth-order valence-corrected chi connectivity index (χ4v) is 4.16. The molecule has 6 heteroatoms. The van der Waals surface area contributed by atoms with Gasteiger partial charge in [0.15, 0.2) is 0 Å². The SMILES string of the molecule is NCc1ccc(CS(=O)(=O)N2CCC(CCO)C2)cc1. The van der Waals surface area contributed by atoms with Gasteiger partial charge in [0.2, 0.25) is 10.0 Å². The Morgan fingerprint density at radius 3 is 2.50 bits per heavy atom. The first-order valence-electron chi connectivity index (χ1n) is 6.91. The van der Waals surface area contributed by atoms with Crippen LogP contribution in [0.25, 0.3) is 0 Å². The van der Waals surface area contributed by atoms with Gasteiger partial charge in [-0.1, -0.05) is 24.3 Å². The Kier molecular flexibility index (Phi) is 5.15. The molecule has 1 heterocycles. The first-order valence-corrected chi connectivity index (χ1v) is 8.52. The summed E-state index contributed by atoms with van der Waals surface area (Å²) in [5.41, 5.74) is 7.30. The lowest BCUT2D eigenvalue weighted by Gasteiger charge is -2.16. The molecule has 1 atom stereocenters. The smallest absolute Gasteiger partial charge is 0.218 e. The number of hydrogen-bond donors (Lipinski definition) is 2. The molecule has 2 rings (SSSR count). The number of hydrogen-bond acceptors (Lipinski definition) is 4. The Balaban J connectivity index is 2.00. The number of aliphatic hydroxyl groups excluding tert-OH is 1. The molecule has 1 unspecified atom stereocenters. The van der Waals surface area contributed by atoms with Gasteiger partial charge in [-0.3, -0.25) is 0 Å². The monoisotopic (exact) mass is 298 g/mol. The highest BCUT2D eigenvalue weighted by Crippen LogP contribution is 2.23. The molecule has 1 aromatic rings. The zero-order valence-corrected chi connectivity index (χ0v) is 12.3. The van der Waals surface area contributed by atoms with E-state index in [2.05, 4.69) is 0 Å². The minimum Gasteiger partial charge on any atom is -0.396 e. The summed E-state index contributed by atoms with van der Waals surface area (Å²) in [4.78, 5) is 0. The molecule has 112 valence electrons. The van der Waals surface area contributed by atoms with Gasteiger partial charge in [0.1, 0.15) is 0 Å². The normalized spacial score (nSPS) is 20.4. The van der Waals surface area contributed by atoms with Crippen molar-refractivity contribution in [3.8, 4) is 0 Å². The van der Waals surface area contributed by atoms with Crippen molar-refractivity contribution >= 4 is 10.0 Å². The van der Waals surface area contributed by atoms with Gasteiger partial charge in [0.05, 0.1) is 5.75 Å². The maximum Gasteiger partial charge on any atom is 0.218 e. The van der Waals surface area contributed by atoms with E-state index in [1.165, 1.54) is 0 Å². The molecular weight excluding hydrogens is 276 g/mol. The van der Waals surface area contributed by atoms with Crippen LogP contribution in [0.1, 0.15) is 24.0 Å². The van der Waals surface area contributed by atoms with Crippen LogP contribution in [0, 0.1) is 5.92 Å². The van der Waals surface area contributed by atoms with Crippen LogP contribution in [-0.2, 0) is 22.3 Å². The highest BCUT2D eigenvalue weighted by atomic mass is 32.2. The van der Waals surface area contributed by atoms with E-state index in [9.17, 15) is 8.42 Å². The highest BCUT2D eigenvalue weighted by Gasteiger charge is 2.30. The number of nitrogens with zero attached hydrogens (tertiary/aromatic N) is 1. The Hall–Kier alpha value is -0.950. The Bertz CT molecular complexity index is 528. The van der Waals surface area contributed by atoms with E-state index < -0.39 is 10.0 Å². The summed E-state index contributed by atoms with van der Waals surface area (Å²) >= 11 is 0. The molecular formula is C14H22N2O3S. The van der Waals surface area contributed by atoms with Crippen molar-refractivity contribution in [2.24, 2.45) is 11.7 Å². The third-order valence-electron chi connectivity index (χ3n) is 3.79. The van der Waals surface area contributed by atoms with Gasteiger partial charge in [0, 0.05) is 26.2 Å². The van der Waals surface area contributed by atoms with Gasteiger partial charge in [-0.15, -0.1) is 0 Å². The summed E-state index contributed by atoms with van der Waals surface area (Å²) < 4.78 is 26.2. The van der Waals surface area contributed by atoms with Crippen LogP contribution in [0.3, 0.4) is 0 Å². The van der Waals surface area contributed by atoms with Crippen molar-refractivity contribution in [2.75, 3.05) is 19.7 Å². The van der Waals surface area contributed by atoms with Crippen LogP contribution >= 0.6 is 0 Å². The Morgan fingerprint density at radius 2 is 1.90 bits per heavy atom. The van der Waals surface area contributed by atoms with Gasteiger partial charge in [-0.2, -0.15) is 0 Å². The minimum atomic E-state index is -3.26. The number of nitrogens with two attached hydrogens (primary N) is 1. The highest BCUT2D eigenvalue weighted by molar-refractivity contribution is 7.88. The molecule has 1 saturated heterocycles. The van der Waals surface area contributed by atoms with Crippen molar-refractivity contribution in [2.45, 2.75) is 25.1 Å². The number of sulfonamides is 1. The second-order valence-corrected chi connectivity index (χ2v) is 7.27. The Labute approximate surface area is 120 Å². The van der Waals surface area contributed by atoms with E-state index in [-0.39, 0.29) is 18.3 Å². The van der Waals surface area contributed by atoms with Crippen LogP contribution in [-0.4, -0.2) is 37.5 Å². The van der Waals surface area contributed by atoms with Crippen LogP contribution in [0.15, 0.2) is 24.3 Å². The van der Waals surface area contributed by atoms with Crippen LogP contribution < -0.4 is 5.73 Å². The summed E-state index contributed by atoms with van der Waals surface area (Å²) in [6.45, 7) is 1.68. The van der Waals surface area contributed by atoms with Gasteiger partial charge in [-0.25, -0.2) is 12.7 Å². The molecule has 0 radical (unpaired) electrons. The molecule has 0 amide bonds. The average molecular weight is 298 g/mol. The lowest BCUT2D eigenvalue weighted by molar-refractivity contribution is 0.259. The van der Waals surface area contributed by atoms with Crippen LogP contribution in [0.4, 0.5) is 0 Å². The van der Waals surface area contributed by atoms with Crippen LogP contribution in [0.5, 0.6) is 0 Å². The maximum absolute atomic E-state index is 12.3. The molecule has 0 spiro atoms. The van der Waals surface area contributed by atoms with Crippen molar-refractivity contribution < 1.29 is 13.5 Å². The van der Waals surface area contributed by atoms with E-state index >= 15 is 0 Å². The molecule has 1 aromatic carbocycles. The van der Waals surface area contributed by atoms with Crippen molar-refractivity contribution in [3.05, 3.63) is 35.4 Å². The van der Waals surface area contributed by atoms with E-state index in [0.717, 1.165) is 17.5 Å². The van der Waals surface area contributed by atoms with Gasteiger partial charge >= 0.3 is 0 Å². The van der Waals surface area contributed by atoms with Crippen molar-refractivity contribution in [1.29, 1.82) is 0 Å². The van der Waals surface area contributed by atoms with E-state index in [4.69, 9.17) is 10.8 Å². The minimum absolute atomic E-state index is 0.0314. The van der Waals surface area contributed by atoms with E-state index in [0.29, 0.717) is 26.1 Å². The van der Waals surface area contributed by atoms with Gasteiger partial charge in [0.25, 0.3) is 0 Å². The zero-order chi connectivity index (χ0) is 14.6. The molecule has 0 aromatic heterocycles. The second-order valence-electron chi connectivity index (χ2n) is 5.30. The fraction of sp³-hybridized carbons (Fsp3) is 0.571. The Morgan fingerprint density at radius 1 is 1.25 bits per heavy atom. The lowest BCUT2D eigenvalue weighted by Crippen LogP contribution is -2.30. The first-order chi connectivity index (χ1) is 9.55. The quantitative estimate of drug-likeness (QED) is 0.809. The maximum atomic E-state index is 12.3. The largest absolute Gasteiger partial charge is 0.396 e. The van der Waals surface area contributed by atoms with Gasteiger partial charge in [-0.05, 0) is 29.9 Å². The third kappa shape index (κ3) is 3.79. The van der Waals surface area contributed by atoms with E-state index in [1.54, 1.807) is 4.31 Å². The summed E-state index contributed by atoms with van der Waals surface area (Å²) in [5, 5.41) is 8.92. The summed E-state index contributed by atoms with van der Waals surface area (Å²) in [5.74, 6) is 0.318. The molecule has 1 aliphatic heterocycles. The van der Waals surface area contributed by atoms with E-state index in [1.807, 2.05) is 24.3 Å². The zero-order valence-electron chi connectivity index (χ0n) is 11.5. The summed E-state index contributed by atoms with van der Waals surface area (Å²) in [6, 6.07) is 7.37. The average Bonchev–Trinajstić information content (AvgIpc) is 2.89. The first kappa shape index (κ1) is 15.4. The topological polar surface area (TPSA) is 83.6 Å². The predicted molar refractivity (Wildman–Crippen MR) is 78.3 cm³/mol. The molecule has 3 N–H and O–H groups in total. The molecule has 0 saturated carbocycles. The molecule has 20 heavy (non-hydrogen) atoms. The number of benzene rings is 1. The molecule has 0 bridgehead atoms. The van der Waals surface area contributed by atoms with Crippen molar-refractivity contribution in [1.82, 2.24) is 4.31 Å². The standard InChI is InChI=1S/C14H22N2O3S/c15-9-12-1-3-14(4-2-12)11-20(18,19)16-7-5-13(10-16)6-8-17/h1-4,13,17H,5-11,15H2. The summed E-state index contributed by atoms with van der Waals surface area (Å²) in [7, 11) is -3.26. The predicted octanol–water partition coefficient (Wildman–Crippen LogP) is 0.679. The number of aliphatic hydroxyl groups is 1. The number of rotatable bonds is 6. The van der Waals surface area contributed by atoms with Gasteiger partial charge < -0.3 is 10.8 Å². The molecule has 1 aliphatic rings. The molecule has 0 aliphatic carbocycles. The molecule has 5 nitrogen and oxygen atoms in total. The summed E-state index contributed by atoms with van der Waals surface area (Å²) in [6.07, 6.45) is 1.52.